The van der Waals surface area contributed by atoms with Crippen LogP contribution in [0.5, 0.6) is 0 Å². The van der Waals surface area contributed by atoms with Crippen molar-refractivity contribution in [1.29, 1.82) is 0 Å². The van der Waals surface area contributed by atoms with Crippen molar-refractivity contribution in [3.63, 3.8) is 0 Å². The minimum absolute atomic E-state index is 0.173. The van der Waals surface area contributed by atoms with Gasteiger partial charge >= 0.3 is 0 Å². The molecule has 2 N–H and O–H groups in total. The molecule has 2 aliphatic rings. The first kappa shape index (κ1) is 20.5. The van der Waals surface area contributed by atoms with Gasteiger partial charge in [0.15, 0.2) is 0 Å². The summed E-state index contributed by atoms with van der Waals surface area (Å²) in [5.41, 5.74) is 2.32. The topological polar surface area (TPSA) is 70.7 Å². The van der Waals surface area contributed by atoms with E-state index in [0.717, 1.165) is 35.4 Å². The standard InChI is InChI=1S/C21H24BrN3O3S/c1-25-9-6-14-2-3-16(12-15(14)7-10-25)23-20(27)21(8-11-28-13-21)24-19(26)17-4-5-18(22)29-17/h2-5,12H,6-11,13H2,1H3,(H,23,27)(H,24,26)/t21-/m1/s1. The molecule has 0 radical (unpaired) electrons. The molecule has 1 fully saturated rings. The molecule has 1 atom stereocenters. The molecule has 6 nitrogen and oxygen atoms in total. The summed E-state index contributed by atoms with van der Waals surface area (Å²) in [6, 6.07) is 9.68. The number of hydrogen-bond donors (Lipinski definition) is 2. The Morgan fingerprint density at radius 3 is 2.66 bits per heavy atom. The van der Waals surface area contributed by atoms with Gasteiger partial charge in [-0.05, 0) is 71.2 Å². The Kier molecular flexibility index (Phi) is 6.06. The number of fused-ring (bicyclic) bond motifs is 1. The van der Waals surface area contributed by atoms with E-state index in [1.807, 2.05) is 12.1 Å². The highest BCUT2D eigenvalue weighted by molar-refractivity contribution is 9.11. The highest BCUT2D eigenvalue weighted by Gasteiger charge is 2.44. The molecule has 2 aromatic rings. The van der Waals surface area contributed by atoms with Crippen LogP contribution in [0.3, 0.4) is 0 Å². The second-order valence-electron chi connectivity index (χ2n) is 7.68. The third kappa shape index (κ3) is 4.55. The van der Waals surface area contributed by atoms with Crippen LogP contribution in [0.15, 0.2) is 34.1 Å². The van der Waals surface area contributed by atoms with Gasteiger partial charge in [-0.15, -0.1) is 11.3 Å². The summed E-state index contributed by atoms with van der Waals surface area (Å²) in [7, 11) is 2.13. The van der Waals surface area contributed by atoms with Gasteiger partial charge in [-0.25, -0.2) is 0 Å². The average Bonchev–Trinajstić information content (AvgIpc) is 3.31. The van der Waals surface area contributed by atoms with E-state index < -0.39 is 5.54 Å². The maximum Gasteiger partial charge on any atom is 0.262 e. The molecule has 0 bridgehead atoms. The number of rotatable bonds is 4. The fraction of sp³-hybridized carbons (Fsp3) is 0.429. The molecule has 29 heavy (non-hydrogen) atoms. The monoisotopic (exact) mass is 477 g/mol. The van der Waals surface area contributed by atoms with E-state index in [9.17, 15) is 9.59 Å². The van der Waals surface area contributed by atoms with Gasteiger partial charge in [0.1, 0.15) is 5.54 Å². The molecule has 2 aliphatic heterocycles. The summed E-state index contributed by atoms with van der Waals surface area (Å²) in [6.45, 7) is 2.67. The highest BCUT2D eigenvalue weighted by atomic mass is 79.9. The van der Waals surface area contributed by atoms with E-state index in [4.69, 9.17) is 4.74 Å². The van der Waals surface area contributed by atoms with Crippen molar-refractivity contribution in [3.8, 4) is 0 Å². The fourth-order valence-corrected chi connectivity index (χ4v) is 5.06. The molecule has 3 heterocycles. The Morgan fingerprint density at radius 2 is 1.97 bits per heavy atom. The first-order valence-corrected chi connectivity index (χ1v) is 11.3. The summed E-state index contributed by atoms with van der Waals surface area (Å²) >= 11 is 4.71. The molecule has 1 saturated heterocycles. The van der Waals surface area contributed by atoms with Gasteiger partial charge in [0.25, 0.3) is 11.8 Å². The minimum atomic E-state index is -1.06. The van der Waals surface area contributed by atoms with Crippen molar-refractivity contribution in [2.45, 2.75) is 24.8 Å². The molecule has 0 unspecified atom stereocenters. The SMILES string of the molecule is CN1CCc2ccc(NC(=O)[C@@]3(NC(=O)c4ccc(Br)s4)CCOC3)cc2CC1. The molecular weight excluding hydrogens is 454 g/mol. The summed E-state index contributed by atoms with van der Waals surface area (Å²) < 4.78 is 6.37. The Hall–Kier alpha value is -1.74. The third-order valence-corrected chi connectivity index (χ3v) is 7.22. The minimum Gasteiger partial charge on any atom is -0.378 e. The number of nitrogens with one attached hydrogen (secondary N) is 2. The molecule has 1 aromatic carbocycles. The predicted molar refractivity (Wildman–Crippen MR) is 118 cm³/mol. The van der Waals surface area contributed by atoms with Gasteiger partial charge in [0.2, 0.25) is 0 Å². The first-order valence-electron chi connectivity index (χ1n) is 9.73. The van der Waals surface area contributed by atoms with Crippen molar-refractivity contribution < 1.29 is 14.3 Å². The summed E-state index contributed by atoms with van der Waals surface area (Å²) in [5.74, 6) is -0.490. The predicted octanol–water partition coefficient (Wildman–Crippen LogP) is 3.07. The van der Waals surface area contributed by atoms with Crippen molar-refractivity contribution in [2.24, 2.45) is 0 Å². The van der Waals surface area contributed by atoms with Crippen molar-refractivity contribution in [1.82, 2.24) is 10.2 Å². The van der Waals surface area contributed by atoms with E-state index >= 15 is 0 Å². The number of anilines is 1. The fourth-order valence-electron chi connectivity index (χ4n) is 3.78. The van der Waals surface area contributed by atoms with Gasteiger partial charge in [-0.3, -0.25) is 9.59 Å². The Bertz CT molecular complexity index is 924. The van der Waals surface area contributed by atoms with Gasteiger partial charge in [-0.2, -0.15) is 0 Å². The number of carbonyl (C=O) groups excluding carboxylic acids is 2. The van der Waals surface area contributed by atoms with E-state index in [0.29, 0.717) is 17.9 Å². The molecule has 0 spiro atoms. The van der Waals surface area contributed by atoms with Gasteiger partial charge in [0, 0.05) is 31.8 Å². The number of likely N-dealkylation sites (N-methyl/N-ethyl adjacent to an activating group) is 1. The van der Waals surface area contributed by atoms with Crippen LogP contribution >= 0.6 is 27.3 Å². The molecule has 2 amide bonds. The lowest BCUT2D eigenvalue weighted by atomic mass is 9.96. The largest absolute Gasteiger partial charge is 0.378 e. The Morgan fingerprint density at radius 1 is 1.17 bits per heavy atom. The van der Waals surface area contributed by atoms with E-state index in [1.54, 1.807) is 6.07 Å². The van der Waals surface area contributed by atoms with E-state index in [1.165, 1.54) is 22.5 Å². The number of hydrogen-bond acceptors (Lipinski definition) is 5. The van der Waals surface area contributed by atoms with Crippen molar-refractivity contribution >= 4 is 44.8 Å². The van der Waals surface area contributed by atoms with E-state index in [-0.39, 0.29) is 18.4 Å². The van der Waals surface area contributed by atoms with Gasteiger partial charge < -0.3 is 20.3 Å². The van der Waals surface area contributed by atoms with Crippen LogP contribution in [-0.4, -0.2) is 55.6 Å². The zero-order valence-electron chi connectivity index (χ0n) is 16.3. The lowest BCUT2D eigenvalue weighted by Crippen LogP contribution is -2.57. The molecule has 0 saturated carbocycles. The van der Waals surface area contributed by atoms with Crippen molar-refractivity contribution in [2.75, 3.05) is 38.7 Å². The maximum atomic E-state index is 13.2. The van der Waals surface area contributed by atoms with Gasteiger partial charge in [0.05, 0.1) is 15.3 Å². The number of halogens is 1. The number of nitrogens with zero attached hydrogens (tertiary/aromatic N) is 1. The van der Waals surface area contributed by atoms with Crippen LogP contribution < -0.4 is 10.6 Å². The molecular formula is C21H24BrN3O3S. The van der Waals surface area contributed by atoms with Crippen LogP contribution in [0.2, 0.25) is 0 Å². The maximum absolute atomic E-state index is 13.2. The second kappa shape index (κ2) is 8.55. The number of thiophene rings is 1. The molecule has 0 aliphatic carbocycles. The highest BCUT2D eigenvalue weighted by Crippen LogP contribution is 2.26. The number of amides is 2. The van der Waals surface area contributed by atoms with Crippen LogP contribution in [0.25, 0.3) is 0 Å². The Balaban J connectivity index is 1.50. The number of benzene rings is 1. The quantitative estimate of drug-likeness (QED) is 0.709. The summed E-state index contributed by atoms with van der Waals surface area (Å²) in [4.78, 5) is 28.7. The zero-order valence-corrected chi connectivity index (χ0v) is 18.7. The van der Waals surface area contributed by atoms with Crippen LogP contribution in [0.4, 0.5) is 5.69 Å². The molecule has 4 rings (SSSR count). The van der Waals surface area contributed by atoms with Gasteiger partial charge in [-0.1, -0.05) is 6.07 Å². The molecule has 154 valence electrons. The third-order valence-electron chi connectivity index (χ3n) is 5.60. The first-order chi connectivity index (χ1) is 13.9. The molecule has 1 aromatic heterocycles. The average molecular weight is 478 g/mol. The number of carbonyl (C=O) groups is 2. The normalized spacial score (nSPS) is 22.0. The second-order valence-corrected chi connectivity index (χ2v) is 10.1. The number of ether oxygens (including phenoxy) is 1. The van der Waals surface area contributed by atoms with E-state index in [2.05, 4.69) is 50.6 Å². The van der Waals surface area contributed by atoms with Crippen LogP contribution in [0.1, 0.15) is 27.2 Å². The lowest BCUT2D eigenvalue weighted by Gasteiger charge is -2.27. The summed E-state index contributed by atoms with van der Waals surface area (Å²) in [5, 5.41) is 5.94. The molecule has 8 heteroatoms. The van der Waals surface area contributed by atoms with Crippen LogP contribution in [-0.2, 0) is 22.4 Å². The summed E-state index contributed by atoms with van der Waals surface area (Å²) in [6.07, 6.45) is 2.44. The Labute approximate surface area is 182 Å². The lowest BCUT2D eigenvalue weighted by molar-refractivity contribution is -0.122. The van der Waals surface area contributed by atoms with Crippen molar-refractivity contribution in [3.05, 3.63) is 50.1 Å². The smallest absolute Gasteiger partial charge is 0.262 e. The zero-order chi connectivity index (χ0) is 20.4. The van der Waals surface area contributed by atoms with Crippen LogP contribution in [0, 0.1) is 0 Å².